The van der Waals surface area contributed by atoms with Gasteiger partial charge in [-0.3, -0.25) is 0 Å². The fourth-order valence-electron chi connectivity index (χ4n) is 8.22. The van der Waals surface area contributed by atoms with Crippen molar-refractivity contribution in [2.24, 2.45) is 0 Å². The van der Waals surface area contributed by atoms with Crippen LogP contribution in [-0.4, -0.2) is 0 Å². The zero-order chi connectivity index (χ0) is 30.2. The minimum atomic E-state index is -0.400. The Morgan fingerprint density at radius 2 is 1.11 bits per heavy atom. The quantitative estimate of drug-likeness (QED) is 0.203. The largest absolute Gasteiger partial charge is 0.457 e. The van der Waals surface area contributed by atoms with Crippen LogP contribution in [0.25, 0.3) is 33.0 Å². The standard InChI is InChI=1S/C44H32O/c1-43(31-15-5-3-6-16-31)37-27-25-29-14-9-10-19-33(29)41(37)35-26-24-30(28-38(35)43)34-20-13-23-40-42(34)44(2,32-17-7-4-8-18-32)36-21-11-12-22-39(36)45-40/h3-28H,1-2H3. The first-order chi connectivity index (χ1) is 22.1. The van der Waals surface area contributed by atoms with Crippen molar-refractivity contribution in [3.63, 3.8) is 0 Å². The zero-order valence-corrected chi connectivity index (χ0v) is 25.4. The first-order valence-electron chi connectivity index (χ1n) is 15.8. The maximum Gasteiger partial charge on any atom is 0.132 e. The average Bonchev–Trinajstić information content (AvgIpc) is 3.37. The molecule has 7 aromatic carbocycles. The SMILES string of the molecule is CC1(c2ccccc2)c2cc(-c3cccc4c3C(C)(c3ccccc3)c3ccccc3O4)ccc2-c2c1ccc1ccccc21. The van der Waals surface area contributed by atoms with E-state index in [0.717, 1.165) is 11.5 Å². The van der Waals surface area contributed by atoms with Crippen molar-refractivity contribution < 1.29 is 4.74 Å². The molecule has 0 N–H and O–H groups in total. The van der Waals surface area contributed by atoms with Gasteiger partial charge in [-0.15, -0.1) is 0 Å². The van der Waals surface area contributed by atoms with Gasteiger partial charge in [0.15, 0.2) is 0 Å². The van der Waals surface area contributed by atoms with E-state index in [1.807, 2.05) is 0 Å². The van der Waals surface area contributed by atoms with Gasteiger partial charge in [0.1, 0.15) is 11.5 Å². The Bertz CT molecular complexity index is 2270. The van der Waals surface area contributed by atoms with Gasteiger partial charge in [0.05, 0.1) is 5.41 Å². The maximum absolute atomic E-state index is 6.66. The lowest BCUT2D eigenvalue weighted by atomic mass is 9.67. The van der Waals surface area contributed by atoms with Crippen molar-refractivity contribution in [3.8, 4) is 33.8 Å². The maximum atomic E-state index is 6.66. The molecule has 45 heavy (non-hydrogen) atoms. The van der Waals surface area contributed by atoms with E-state index in [2.05, 4.69) is 172 Å². The minimum Gasteiger partial charge on any atom is -0.457 e. The molecule has 0 radical (unpaired) electrons. The van der Waals surface area contributed by atoms with E-state index in [0.29, 0.717) is 0 Å². The van der Waals surface area contributed by atoms with Gasteiger partial charge < -0.3 is 4.74 Å². The molecule has 0 fully saturated rings. The van der Waals surface area contributed by atoms with Gasteiger partial charge in [-0.05, 0) is 87.3 Å². The van der Waals surface area contributed by atoms with Crippen LogP contribution in [0.5, 0.6) is 11.5 Å². The number of hydrogen-bond acceptors (Lipinski definition) is 1. The van der Waals surface area contributed by atoms with Crippen LogP contribution in [0, 0.1) is 0 Å². The third-order valence-corrected chi connectivity index (χ3v) is 10.5. The molecule has 1 aliphatic heterocycles. The second kappa shape index (κ2) is 9.55. The molecule has 1 heteroatoms. The summed E-state index contributed by atoms with van der Waals surface area (Å²) >= 11 is 0. The smallest absolute Gasteiger partial charge is 0.132 e. The molecular weight excluding hydrogens is 544 g/mol. The highest BCUT2D eigenvalue weighted by Crippen LogP contribution is 2.57. The van der Waals surface area contributed by atoms with Gasteiger partial charge in [0, 0.05) is 16.5 Å². The van der Waals surface area contributed by atoms with Crippen molar-refractivity contribution in [1.82, 2.24) is 0 Å². The van der Waals surface area contributed by atoms with Gasteiger partial charge >= 0.3 is 0 Å². The predicted molar refractivity (Wildman–Crippen MR) is 185 cm³/mol. The van der Waals surface area contributed by atoms with Gasteiger partial charge in [0.25, 0.3) is 0 Å². The van der Waals surface area contributed by atoms with Crippen LogP contribution in [0.2, 0.25) is 0 Å². The normalized spacial score (nSPS) is 19.2. The minimum absolute atomic E-state index is 0.299. The Balaban J connectivity index is 1.33. The Morgan fingerprint density at radius 1 is 0.444 bits per heavy atom. The highest BCUT2D eigenvalue weighted by Gasteiger charge is 2.44. The van der Waals surface area contributed by atoms with Crippen LogP contribution in [0.4, 0.5) is 0 Å². The Morgan fingerprint density at radius 3 is 1.91 bits per heavy atom. The summed E-state index contributed by atoms with van der Waals surface area (Å²) in [7, 11) is 0. The first-order valence-corrected chi connectivity index (χ1v) is 15.8. The van der Waals surface area contributed by atoms with E-state index in [1.54, 1.807) is 0 Å². The van der Waals surface area contributed by atoms with Gasteiger partial charge in [-0.1, -0.05) is 140 Å². The highest BCUT2D eigenvalue weighted by atomic mass is 16.5. The second-order valence-electron chi connectivity index (χ2n) is 12.7. The van der Waals surface area contributed by atoms with E-state index < -0.39 is 5.41 Å². The number of benzene rings is 7. The molecule has 0 amide bonds. The van der Waals surface area contributed by atoms with E-state index in [4.69, 9.17) is 4.74 Å². The van der Waals surface area contributed by atoms with E-state index in [-0.39, 0.29) is 5.41 Å². The van der Waals surface area contributed by atoms with Crippen molar-refractivity contribution in [2.75, 3.05) is 0 Å². The summed E-state index contributed by atoms with van der Waals surface area (Å²) in [5, 5.41) is 2.58. The van der Waals surface area contributed by atoms with E-state index >= 15 is 0 Å². The monoisotopic (exact) mass is 576 g/mol. The first kappa shape index (κ1) is 26.0. The molecule has 0 spiro atoms. The van der Waals surface area contributed by atoms with Crippen molar-refractivity contribution in [3.05, 3.63) is 191 Å². The van der Waals surface area contributed by atoms with Gasteiger partial charge in [0.2, 0.25) is 0 Å². The lowest BCUT2D eigenvalue weighted by Crippen LogP contribution is -2.30. The number of para-hydroxylation sites is 1. The average molecular weight is 577 g/mol. The van der Waals surface area contributed by atoms with Gasteiger partial charge in [-0.25, -0.2) is 0 Å². The topological polar surface area (TPSA) is 9.23 Å². The molecule has 2 unspecified atom stereocenters. The summed E-state index contributed by atoms with van der Waals surface area (Å²) in [6, 6.07) is 57.5. The fraction of sp³-hybridized carbons (Fsp3) is 0.0909. The number of rotatable bonds is 3. The van der Waals surface area contributed by atoms with Crippen LogP contribution >= 0.6 is 0 Å². The molecule has 0 saturated carbocycles. The molecule has 0 saturated heterocycles. The Kier molecular flexibility index (Phi) is 5.53. The van der Waals surface area contributed by atoms with Crippen LogP contribution in [0.3, 0.4) is 0 Å². The van der Waals surface area contributed by atoms with Crippen LogP contribution in [0.15, 0.2) is 158 Å². The van der Waals surface area contributed by atoms with Crippen LogP contribution in [-0.2, 0) is 10.8 Å². The summed E-state index contributed by atoms with van der Waals surface area (Å²) < 4.78 is 6.66. The van der Waals surface area contributed by atoms with Crippen molar-refractivity contribution in [1.29, 1.82) is 0 Å². The lowest BCUT2D eigenvalue weighted by molar-refractivity contribution is 0.428. The number of fused-ring (bicyclic) bond motifs is 7. The van der Waals surface area contributed by atoms with Gasteiger partial charge in [-0.2, -0.15) is 0 Å². The summed E-state index contributed by atoms with van der Waals surface area (Å²) in [6.45, 7) is 4.76. The summed E-state index contributed by atoms with van der Waals surface area (Å²) in [5.74, 6) is 1.83. The molecule has 1 aliphatic carbocycles. The Labute approximate surface area is 264 Å². The molecule has 1 nitrogen and oxygen atoms in total. The van der Waals surface area contributed by atoms with E-state index in [9.17, 15) is 0 Å². The Hall–Kier alpha value is -5.40. The fourth-order valence-corrected chi connectivity index (χ4v) is 8.22. The summed E-state index contributed by atoms with van der Waals surface area (Å²) in [6.07, 6.45) is 0. The molecule has 214 valence electrons. The molecule has 2 aliphatic rings. The van der Waals surface area contributed by atoms with Crippen molar-refractivity contribution >= 4 is 10.8 Å². The molecule has 0 aromatic heterocycles. The number of hydrogen-bond donors (Lipinski definition) is 0. The number of ether oxygens (including phenoxy) is 1. The van der Waals surface area contributed by atoms with Crippen molar-refractivity contribution in [2.45, 2.75) is 24.7 Å². The molecular formula is C44H32O. The molecule has 9 rings (SSSR count). The van der Waals surface area contributed by atoms with E-state index in [1.165, 1.54) is 66.4 Å². The second-order valence-corrected chi connectivity index (χ2v) is 12.7. The molecule has 2 atom stereocenters. The molecule has 7 aromatic rings. The summed E-state index contributed by atoms with van der Waals surface area (Å²) in [5.41, 5.74) is 12.0. The molecule has 0 bridgehead atoms. The third-order valence-electron chi connectivity index (χ3n) is 10.5. The van der Waals surface area contributed by atoms with Crippen LogP contribution < -0.4 is 4.74 Å². The molecule has 1 heterocycles. The predicted octanol–water partition coefficient (Wildman–Crippen LogP) is 11.3. The third kappa shape index (κ3) is 3.56. The van der Waals surface area contributed by atoms with Crippen LogP contribution in [0.1, 0.15) is 47.2 Å². The zero-order valence-electron chi connectivity index (χ0n) is 25.4. The lowest BCUT2D eigenvalue weighted by Gasteiger charge is -2.39. The summed E-state index contributed by atoms with van der Waals surface area (Å²) in [4.78, 5) is 0. The highest BCUT2D eigenvalue weighted by molar-refractivity contribution is 6.03.